The van der Waals surface area contributed by atoms with Gasteiger partial charge in [-0.3, -0.25) is 0 Å². The standard InChI is InChI=1S/C26H24N6O2/c27-16-21-15-20(3-6-24(21)34-23-8-13-33-14-9-23)26-29-10-7-25(31-26)30-22-4-1-19(2-5-22)17-32-12-11-28-18-32/h1-7,10-12,15,18,23H,8-9,13-14,17H2,(H,29,30,31). The number of nitriles is 1. The quantitative estimate of drug-likeness (QED) is 0.439. The predicted molar refractivity (Wildman–Crippen MR) is 128 cm³/mol. The molecule has 1 aliphatic rings. The van der Waals surface area contributed by atoms with Gasteiger partial charge in [0, 0.05) is 49.2 Å². The molecular weight excluding hydrogens is 428 g/mol. The highest BCUT2D eigenvalue weighted by molar-refractivity contribution is 5.64. The van der Waals surface area contributed by atoms with Gasteiger partial charge in [-0.15, -0.1) is 0 Å². The van der Waals surface area contributed by atoms with Gasteiger partial charge in [0.25, 0.3) is 0 Å². The Morgan fingerprint density at radius 2 is 1.94 bits per heavy atom. The second-order valence-corrected chi connectivity index (χ2v) is 8.07. The Labute approximate surface area is 197 Å². The zero-order valence-corrected chi connectivity index (χ0v) is 18.6. The van der Waals surface area contributed by atoms with Crippen LogP contribution in [0.15, 0.2) is 73.4 Å². The van der Waals surface area contributed by atoms with Crippen LogP contribution >= 0.6 is 0 Å². The van der Waals surface area contributed by atoms with Crippen molar-refractivity contribution in [3.05, 3.63) is 84.6 Å². The van der Waals surface area contributed by atoms with Gasteiger partial charge in [0.1, 0.15) is 23.7 Å². The summed E-state index contributed by atoms with van der Waals surface area (Å²) in [6.07, 6.45) is 8.95. The van der Waals surface area contributed by atoms with E-state index >= 15 is 0 Å². The van der Waals surface area contributed by atoms with Crippen molar-refractivity contribution in [1.82, 2.24) is 19.5 Å². The molecule has 8 nitrogen and oxygen atoms in total. The Morgan fingerprint density at radius 1 is 1.09 bits per heavy atom. The number of nitrogens with zero attached hydrogens (tertiary/aromatic N) is 5. The number of nitrogens with one attached hydrogen (secondary N) is 1. The fourth-order valence-corrected chi connectivity index (χ4v) is 3.83. The van der Waals surface area contributed by atoms with Gasteiger partial charge in [-0.1, -0.05) is 12.1 Å². The molecule has 1 aliphatic heterocycles. The van der Waals surface area contributed by atoms with Crippen molar-refractivity contribution in [3.8, 4) is 23.2 Å². The Balaban J connectivity index is 1.29. The van der Waals surface area contributed by atoms with Gasteiger partial charge >= 0.3 is 0 Å². The number of rotatable bonds is 7. The van der Waals surface area contributed by atoms with E-state index in [1.54, 1.807) is 24.8 Å². The lowest BCUT2D eigenvalue weighted by Crippen LogP contribution is -2.26. The van der Waals surface area contributed by atoms with Gasteiger partial charge < -0.3 is 19.4 Å². The molecule has 0 amide bonds. The number of imidazole rings is 1. The third kappa shape index (κ3) is 5.22. The first kappa shape index (κ1) is 21.6. The predicted octanol–water partition coefficient (Wildman–Crippen LogP) is 4.56. The molecule has 0 unspecified atom stereocenters. The first-order valence-corrected chi connectivity index (χ1v) is 11.2. The number of anilines is 2. The van der Waals surface area contributed by atoms with E-state index in [0.29, 0.717) is 36.2 Å². The normalized spacial score (nSPS) is 13.9. The van der Waals surface area contributed by atoms with E-state index in [0.717, 1.165) is 30.6 Å². The molecule has 2 aromatic carbocycles. The molecule has 0 atom stereocenters. The Bertz CT molecular complexity index is 1280. The third-order valence-corrected chi connectivity index (χ3v) is 5.63. The van der Waals surface area contributed by atoms with Crippen molar-refractivity contribution in [2.45, 2.75) is 25.5 Å². The van der Waals surface area contributed by atoms with E-state index in [1.165, 1.54) is 5.56 Å². The maximum Gasteiger partial charge on any atom is 0.161 e. The fraction of sp³-hybridized carbons (Fsp3) is 0.231. The van der Waals surface area contributed by atoms with Crippen molar-refractivity contribution in [2.75, 3.05) is 18.5 Å². The molecule has 2 aromatic heterocycles. The molecule has 5 rings (SSSR count). The van der Waals surface area contributed by atoms with Gasteiger partial charge in [0.2, 0.25) is 0 Å². The third-order valence-electron chi connectivity index (χ3n) is 5.63. The van der Waals surface area contributed by atoms with Crippen LogP contribution in [0.3, 0.4) is 0 Å². The molecule has 3 heterocycles. The van der Waals surface area contributed by atoms with Crippen LogP contribution in [-0.4, -0.2) is 38.8 Å². The van der Waals surface area contributed by atoms with Gasteiger partial charge in [-0.25, -0.2) is 15.0 Å². The Morgan fingerprint density at radius 3 is 2.71 bits per heavy atom. The molecule has 1 saturated heterocycles. The minimum atomic E-state index is 0.0711. The summed E-state index contributed by atoms with van der Waals surface area (Å²) in [6, 6.07) is 17.7. The second-order valence-electron chi connectivity index (χ2n) is 8.07. The van der Waals surface area contributed by atoms with Crippen molar-refractivity contribution < 1.29 is 9.47 Å². The summed E-state index contributed by atoms with van der Waals surface area (Å²) in [5.74, 6) is 1.80. The van der Waals surface area contributed by atoms with Crippen molar-refractivity contribution in [3.63, 3.8) is 0 Å². The molecule has 0 saturated carbocycles. The average Bonchev–Trinajstić information content (AvgIpc) is 3.39. The summed E-state index contributed by atoms with van der Waals surface area (Å²) >= 11 is 0. The number of benzene rings is 2. The maximum absolute atomic E-state index is 9.66. The molecule has 0 bridgehead atoms. The van der Waals surface area contributed by atoms with Crippen LogP contribution in [0.2, 0.25) is 0 Å². The van der Waals surface area contributed by atoms with E-state index in [1.807, 2.05) is 41.1 Å². The fourth-order valence-electron chi connectivity index (χ4n) is 3.83. The van der Waals surface area contributed by atoms with E-state index in [9.17, 15) is 5.26 Å². The molecule has 1 fully saturated rings. The molecule has 4 aromatic rings. The molecule has 34 heavy (non-hydrogen) atoms. The molecule has 0 radical (unpaired) electrons. The molecule has 0 spiro atoms. The summed E-state index contributed by atoms with van der Waals surface area (Å²) in [4.78, 5) is 13.1. The van der Waals surface area contributed by atoms with E-state index in [-0.39, 0.29) is 6.10 Å². The van der Waals surface area contributed by atoms with Crippen LogP contribution < -0.4 is 10.1 Å². The summed E-state index contributed by atoms with van der Waals surface area (Å²) in [5.41, 5.74) is 3.34. The Kier molecular flexibility index (Phi) is 6.45. The average molecular weight is 453 g/mol. The van der Waals surface area contributed by atoms with E-state index in [2.05, 4.69) is 38.5 Å². The molecule has 170 valence electrons. The van der Waals surface area contributed by atoms with Gasteiger partial charge in [0.15, 0.2) is 5.82 Å². The van der Waals surface area contributed by atoms with E-state index < -0.39 is 0 Å². The van der Waals surface area contributed by atoms with Gasteiger partial charge in [-0.05, 0) is 42.0 Å². The van der Waals surface area contributed by atoms with Crippen LogP contribution in [0.4, 0.5) is 11.5 Å². The monoisotopic (exact) mass is 452 g/mol. The lowest BCUT2D eigenvalue weighted by Gasteiger charge is -2.23. The highest BCUT2D eigenvalue weighted by Crippen LogP contribution is 2.27. The van der Waals surface area contributed by atoms with Gasteiger partial charge in [0.05, 0.1) is 25.1 Å². The first-order chi connectivity index (χ1) is 16.8. The lowest BCUT2D eigenvalue weighted by atomic mass is 10.1. The van der Waals surface area contributed by atoms with Crippen molar-refractivity contribution >= 4 is 11.5 Å². The zero-order chi connectivity index (χ0) is 23.2. The summed E-state index contributed by atoms with van der Waals surface area (Å²) in [5, 5.41) is 13.0. The highest BCUT2D eigenvalue weighted by Gasteiger charge is 2.17. The second kappa shape index (κ2) is 10.1. The summed E-state index contributed by atoms with van der Waals surface area (Å²) in [6.45, 7) is 2.14. The van der Waals surface area contributed by atoms with Crippen LogP contribution in [-0.2, 0) is 11.3 Å². The van der Waals surface area contributed by atoms with E-state index in [4.69, 9.17) is 9.47 Å². The molecule has 1 N–H and O–H groups in total. The van der Waals surface area contributed by atoms with Crippen LogP contribution in [0, 0.1) is 11.3 Å². The highest BCUT2D eigenvalue weighted by atomic mass is 16.5. The van der Waals surface area contributed by atoms with Crippen LogP contribution in [0.1, 0.15) is 24.0 Å². The minimum absolute atomic E-state index is 0.0711. The first-order valence-electron chi connectivity index (χ1n) is 11.2. The zero-order valence-electron chi connectivity index (χ0n) is 18.6. The molecule has 8 heteroatoms. The van der Waals surface area contributed by atoms with Crippen LogP contribution in [0.25, 0.3) is 11.4 Å². The van der Waals surface area contributed by atoms with Crippen molar-refractivity contribution in [1.29, 1.82) is 5.26 Å². The van der Waals surface area contributed by atoms with Crippen LogP contribution in [0.5, 0.6) is 5.75 Å². The number of ether oxygens (including phenoxy) is 2. The largest absolute Gasteiger partial charge is 0.489 e. The van der Waals surface area contributed by atoms with Crippen molar-refractivity contribution in [2.24, 2.45) is 0 Å². The topological polar surface area (TPSA) is 97.9 Å². The minimum Gasteiger partial charge on any atom is -0.489 e. The maximum atomic E-state index is 9.66. The lowest BCUT2D eigenvalue weighted by molar-refractivity contribution is 0.0254. The molecular formula is C26H24N6O2. The number of aromatic nitrogens is 4. The SMILES string of the molecule is N#Cc1cc(-c2nccc(Nc3ccc(Cn4ccnc4)cc3)n2)ccc1OC1CCOCC1. The summed E-state index contributed by atoms with van der Waals surface area (Å²) in [7, 11) is 0. The summed E-state index contributed by atoms with van der Waals surface area (Å²) < 4.78 is 13.5. The van der Waals surface area contributed by atoms with Gasteiger partial charge in [-0.2, -0.15) is 5.26 Å². The Hall–Kier alpha value is -4.22. The smallest absolute Gasteiger partial charge is 0.161 e. The number of hydrogen-bond acceptors (Lipinski definition) is 7. The number of hydrogen-bond donors (Lipinski definition) is 1. The molecule has 0 aliphatic carbocycles.